The summed E-state index contributed by atoms with van der Waals surface area (Å²) in [7, 11) is 0. The van der Waals surface area contributed by atoms with Gasteiger partial charge >= 0.3 is 5.97 Å². The Bertz CT molecular complexity index is 1060. The number of hydrogen-bond donors (Lipinski definition) is 0. The van der Waals surface area contributed by atoms with Crippen LogP contribution in [0.1, 0.15) is 36.0 Å². The molecular weight excluding hydrogens is 374 g/mol. The number of hydrogen-bond acceptors (Lipinski definition) is 4. The smallest absolute Gasteiger partial charge is 0.341 e. The summed E-state index contributed by atoms with van der Waals surface area (Å²) in [6.45, 7) is 1.55. The predicted molar refractivity (Wildman–Crippen MR) is 116 cm³/mol. The van der Waals surface area contributed by atoms with Gasteiger partial charge in [0.25, 0.3) is 0 Å². The average Bonchev–Trinajstić information content (AvgIpc) is 3.10. The zero-order valence-corrected chi connectivity index (χ0v) is 16.8. The fraction of sp³-hybridized carbons (Fsp3) is 0.192. The molecule has 4 heteroatoms. The second-order valence-corrected chi connectivity index (χ2v) is 7.63. The molecule has 0 radical (unpaired) electrons. The number of nitrogens with zero attached hydrogens (tertiary/aromatic N) is 1. The quantitative estimate of drug-likeness (QED) is 0.542. The number of benzene rings is 3. The third-order valence-corrected chi connectivity index (χ3v) is 5.45. The van der Waals surface area contributed by atoms with Crippen molar-refractivity contribution in [2.24, 2.45) is 4.99 Å². The number of carbonyl (C=O) groups excluding carboxylic acids is 2. The van der Waals surface area contributed by atoms with Crippen LogP contribution in [0, 0.1) is 0 Å². The first-order valence-electron chi connectivity index (χ1n) is 10.0. The molecule has 0 amide bonds. The van der Waals surface area contributed by atoms with Crippen LogP contribution in [0.3, 0.4) is 0 Å². The van der Waals surface area contributed by atoms with Gasteiger partial charge in [0.1, 0.15) is 5.78 Å². The average molecular weight is 397 g/mol. The second kappa shape index (κ2) is 8.46. The Morgan fingerprint density at radius 3 is 2.07 bits per heavy atom. The summed E-state index contributed by atoms with van der Waals surface area (Å²) in [5.74, 6) is -0.529. The maximum absolute atomic E-state index is 13.4. The minimum atomic E-state index is -1.21. The highest BCUT2D eigenvalue weighted by Gasteiger charge is 2.52. The van der Waals surface area contributed by atoms with Crippen molar-refractivity contribution in [3.63, 3.8) is 0 Å². The van der Waals surface area contributed by atoms with Crippen LogP contribution in [-0.4, -0.2) is 23.2 Å². The molecule has 4 rings (SSSR count). The fourth-order valence-electron chi connectivity index (χ4n) is 4.03. The van der Waals surface area contributed by atoms with Gasteiger partial charge in [0, 0.05) is 24.3 Å². The molecule has 2 atom stereocenters. The number of carbonyl (C=O) groups is 2. The zero-order valence-electron chi connectivity index (χ0n) is 16.8. The van der Waals surface area contributed by atoms with Crippen molar-refractivity contribution in [3.8, 4) is 0 Å². The number of ether oxygens (including phenoxy) is 1. The Morgan fingerprint density at radius 2 is 1.47 bits per heavy atom. The molecule has 0 bridgehead atoms. The first kappa shape index (κ1) is 19.8. The van der Waals surface area contributed by atoms with E-state index in [-0.39, 0.29) is 12.2 Å². The lowest BCUT2D eigenvalue weighted by molar-refractivity contribution is -0.140. The van der Waals surface area contributed by atoms with E-state index in [4.69, 9.17) is 9.73 Å². The minimum Gasteiger partial charge on any atom is -0.405 e. The number of cyclic esters (lactones) is 1. The highest BCUT2D eigenvalue weighted by molar-refractivity contribution is 6.08. The van der Waals surface area contributed by atoms with Gasteiger partial charge < -0.3 is 9.53 Å². The normalized spacial score (nSPS) is 19.1. The summed E-state index contributed by atoms with van der Waals surface area (Å²) in [5, 5.41) is 0. The highest BCUT2D eigenvalue weighted by Crippen LogP contribution is 2.42. The molecule has 0 saturated heterocycles. The molecule has 3 aromatic rings. The molecule has 0 spiro atoms. The summed E-state index contributed by atoms with van der Waals surface area (Å²) in [4.78, 5) is 30.6. The number of Topliss-reactive ketones (excluding diaryl/α,β-unsaturated/α-hetero) is 1. The summed E-state index contributed by atoms with van der Waals surface area (Å²) in [6.07, 6.45) is 0.563. The molecule has 0 saturated carbocycles. The van der Waals surface area contributed by atoms with Crippen LogP contribution in [0.25, 0.3) is 0 Å². The Balaban J connectivity index is 1.87. The van der Waals surface area contributed by atoms with Gasteiger partial charge in [-0.25, -0.2) is 9.79 Å². The van der Waals surface area contributed by atoms with Crippen molar-refractivity contribution in [1.82, 2.24) is 0 Å². The van der Waals surface area contributed by atoms with E-state index < -0.39 is 17.4 Å². The Hall–Kier alpha value is -3.53. The highest BCUT2D eigenvalue weighted by atomic mass is 16.6. The summed E-state index contributed by atoms with van der Waals surface area (Å²) in [5.41, 5.74) is 1.41. The van der Waals surface area contributed by atoms with Crippen molar-refractivity contribution in [2.45, 2.75) is 31.2 Å². The van der Waals surface area contributed by atoms with Crippen molar-refractivity contribution in [2.75, 3.05) is 0 Å². The van der Waals surface area contributed by atoms with Gasteiger partial charge in [0.05, 0.1) is 0 Å². The molecule has 4 nitrogen and oxygen atoms in total. The van der Waals surface area contributed by atoms with E-state index in [1.807, 2.05) is 91.0 Å². The minimum absolute atomic E-state index is 0.00690. The lowest BCUT2D eigenvalue weighted by Gasteiger charge is -2.31. The first-order chi connectivity index (χ1) is 14.6. The van der Waals surface area contributed by atoms with Gasteiger partial charge in [-0.1, -0.05) is 78.9 Å². The third kappa shape index (κ3) is 3.94. The van der Waals surface area contributed by atoms with E-state index in [1.54, 1.807) is 6.92 Å². The molecule has 0 N–H and O–H groups in total. The number of esters is 1. The number of rotatable bonds is 7. The Morgan fingerprint density at radius 1 is 0.900 bits per heavy atom. The lowest BCUT2D eigenvalue weighted by Crippen LogP contribution is -2.43. The monoisotopic (exact) mass is 397 g/mol. The van der Waals surface area contributed by atoms with Crippen LogP contribution in [0.5, 0.6) is 0 Å². The molecule has 0 unspecified atom stereocenters. The van der Waals surface area contributed by atoms with Crippen molar-refractivity contribution >= 4 is 17.7 Å². The topological polar surface area (TPSA) is 55.7 Å². The van der Waals surface area contributed by atoms with E-state index in [0.29, 0.717) is 12.3 Å². The van der Waals surface area contributed by atoms with Gasteiger partial charge in [-0.2, -0.15) is 0 Å². The fourth-order valence-corrected chi connectivity index (χ4v) is 4.03. The van der Waals surface area contributed by atoms with E-state index in [9.17, 15) is 9.59 Å². The molecule has 3 aromatic carbocycles. The van der Waals surface area contributed by atoms with Crippen LogP contribution >= 0.6 is 0 Å². The molecule has 1 aliphatic rings. The summed E-state index contributed by atoms with van der Waals surface area (Å²) in [6, 6.07) is 28.8. The molecule has 0 fully saturated rings. The maximum Gasteiger partial charge on any atom is 0.341 e. The summed E-state index contributed by atoms with van der Waals surface area (Å²) < 4.78 is 5.72. The summed E-state index contributed by atoms with van der Waals surface area (Å²) >= 11 is 0. The lowest BCUT2D eigenvalue weighted by atomic mass is 9.73. The first-order valence-corrected chi connectivity index (χ1v) is 10.0. The van der Waals surface area contributed by atoms with Gasteiger partial charge in [0.2, 0.25) is 5.90 Å². The van der Waals surface area contributed by atoms with Crippen molar-refractivity contribution in [3.05, 3.63) is 108 Å². The predicted octanol–water partition coefficient (Wildman–Crippen LogP) is 4.73. The SMILES string of the molecule is CC(=O)C[C@@H](c1ccccc1)[C@]1(Cc2ccccc2)N=C(c2ccccc2)OC1=O. The van der Waals surface area contributed by atoms with Crippen molar-refractivity contribution in [1.29, 1.82) is 0 Å². The molecule has 30 heavy (non-hydrogen) atoms. The zero-order chi connectivity index (χ0) is 21.0. The van der Waals surface area contributed by atoms with Crippen LogP contribution in [-0.2, 0) is 20.7 Å². The number of ketones is 1. The number of aliphatic imine (C=N–C) groups is 1. The molecule has 0 aromatic heterocycles. The third-order valence-electron chi connectivity index (χ3n) is 5.45. The Labute approximate surface area is 176 Å². The van der Waals surface area contributed by atoms with Crippen LogP contribution in [0.2, 0.25) is 0 Å². The molecule has 150 valence electrons. The molecule has 0 aliphatic carbocycles. The van der Waals surface area contributed by atoms with Crippen LogP contribution in [0.4, 0.5) is 0 Å². The Kier molecular flexibility index (Phi) is 5.57. The molecule has 1 heterocycles. The van der Waals surface area contributed by atoms with E-state index in [1.165, 1.54) is 0 Å². The van der Waals surface area contributed by atoms with Gasteiger partial charge in [-0.15, -0.1) is 0 Å². The van der Waals surface area contributed by atoms with E-state index >= 15 is 0 Å². The van der Waals surface area contributed by atoms with Crippen LogP contribution in [0.15, 0.2) is 96.0 Å². The van der Waals surface area contributed by atoms with Gasteiger partial charge in [-0.3, -0.25) is 0 Å². The molecular formula is C26H23NO3. The van der Waals surface area contributed by atoms with E-state index in [0.717, 1.165) is 16.7 Å². The second-order valence-electron chi connectivity index (χ2n) is 7.63. The van der Waals surface area contributed by atoms with Gasteiger partial charge in [-0.05, 0) is 30.2 Å². The van der Waals surface area contributed by atoms with Crippen molar-refractivity contribution < 1.29 is 14.3 Å². The van der Waals surface area contributed by atoms with E-state index in [2.05, 4.69) is 0 Å². The van der Waals surface area contributed by atoms with Crippen LogP contribution < -0.4 is 0 Å². The van der Waals surface area contributed by atoms with Gasteiger partial charge in [0.15, 0.2) is 5.54 Å². The maximum atomic E-state index is 13.4. The largest absolute Gasteiger partial charge is 0.405 e. The molecule has 1 aliphatic heterocycles. The standard InChI is InChI=1S/C26H23NO3/c1-19(28)17-23(21-13-7-3-8-14-21)26(18-20-11-5-2-6-12-20)25(29)30-24(27-26)22-15-9-4-10-16-22/h2-16,23H,17-18H2,1H3/t23-,26-/m0/s1.